The zero-order chi connectivity index (χ0) is 17.1. The summed E-state index contributed by atoms with van der Waals surface area (Å²) < 4.78 is 0. The molecule has 3 aliphatic rings. The molecule has 1 aliphatic carbocycles. The number of hydrogen-bond acceptors (Lipinski definition) is 4. The number of piperidine rings is 1. The van der Waals surface area contributed by atoms with Crippen molar-refractivity contribution in [2.45, 2.75) is 63.6 Å². The number of carbonyl (C=O) groups excluding carboxylic acids is 1. The van der Waals surface area contributed by atoms with E-state index < -0.39 is 0 Å². The highest BCUT2D eigenvalue weighted by molar-refractivity contribution is 7.09. The minimum Gasteiger partial charge on any atom is -0.354 e. The van der Waals surface area contributed by atoms with E-state index in [0.29, 0.717) is 12.0 Å². The second-order valence-electron chi connectivity index (χ2n) is 8.17. The smallest absolute Gasteiger partial charge is 0.237 e. The first-order valence-corrected chi connectivity index (χ1v) is 10.9. The van der Waals surface area contributed by atoms with Crippen molar-refractivity contribution >= 4 is 17.2 Å². The molecular weight excluding hydrogens is 330 g/mol. The number of carbonyl (C=O) groups is 1. The van der Waals surface area contributed by atoms with Crippen LogP contribution in [0.5, 0.6) is 0 Å². The van der Waals surface area contributed by atoms with Crippen molar-refractivity contribution < 1.29 is 4.79 Å². The van der Waals surface area contributed by atoms with Gasteiger partial charge in [-0.3, -0.25) is 9.69 Å². The topological polar surface area (TPSA) is 44.4 Å². The molecule has 0 spiro atoms. The Kier molecular flexibility index (Phi) is 5.73. The quantitative estimate of drug-likeness (QED) is 0.847. The number of nitrogens with zero attached hydrogens (tertiary/aromatic N) is 1. The Hall–Kier alpha value is -0.910. The minimum atomic E-state index is 0.0545. The average molecular weight is 362 g/mol. The molecule has 2 N–H and O–H groups in total. The van der Waals surface area contributed by atoms with Gasteiger partial charge in [-0.15, -0.1) is 11.3 Å². The van der Waals surface area contributed by atoms with Crippen LogP contribution in [0.4, 0.5) is 0 Å². The Balaban J connectivity index is 1.21. The Morgan fingerprint density at radius 1 is 1.28 bits per heavy atom. The molecule has 4 atom stereocenters. The molecule has 0 bridgehead atoms. The lowest BCUT2D eigenvalue weighted by atomic mass is 9.85. The molecule has 4 rings (SSSR count). The number of fused-ring (bicyclic) bond motifs is 1. The highest BCUT2D eigenvalue weighted by atomic mass is 32.1. The molecule has 138 valence electrons. The first-order chi connectivity index (χ1) is 12.3. The summed E-state index contributed by atoms with van der Waals surface area (Å²) in [7, 11) is 0. The highest BCUT2D eigenvalue weighted by Gasteiger charge is 2.38. The average Bonchev–Trinajstić information content (AvgIpc) is 3.29. The summed E-state index contributed by atoms with van der Waals surface area (Å²) in [6, 6.07) is 5.01. The van der Waals surface area contributed by atoms with E-state index in [-0.39, 0.29) is 11.9 Å². The number of rotatable bonds is 5. The van der Waals surface area contributed by atoms with Crippen molar-refractivity contribution in [1.29, 1.82) is 0 Å². The summed E-state index contributed by atoms with van der Waals surface area (Å²) in [6.45, 7) is 4.21. The van der Waals surface area contributed by atoms with E-state index in [0.717, 1.165) is 32.0 Å². The Bertz CT molecular complexity index is 547. The van der Waals surface area contributed by atoms with Crippen LogP contribution >= 0.6 is 11.3 Å². The SMILES string of the molecule is O=C(NCC1CCCN(Cc2cccs2)C1)C1CC2CCCCC2N1. The summed E-state index contributed by atoms with van der Waals surface area (Å²) in [5, 5.41) is 9.01. The predicted octanol–water partition coefficient (Wildman–Crippen LogP) is 3.00. The standard InChI is InChI=1S/C20H31N3OS/c24-20(19-11-16-6-1-2-8-18(16)22-19)21-12-15-5-3-9-23(13-15)14-17-7-4-10-25-17/h4,7,10,15-16,18-19,22H,1-3,5-6,8-9,11-14H2,(H,21,24). The van der Waals surface area contributed by atoms with Gasteiger partial charge in [-0.25, -0.2) is 0 Å². The molecule has 4 unspecified atom stereocenters. The van der Waals surface area contributed by atoms with Crippen LogP contribution in [0.25, 0.3) is 0 Å². The first kappa shape index (κ1) is 17.5. The van der Waals surface area contributed by atoms with E-state index in [4.69, 9.17) is 0 Å². The molecular formula is C20H31N3OS. The molecule has 3 fully saturated rings. The fourth-order valence-corrected chi connectivity index (χ4v) is 5.72. The number of likely N-dealkylation sites (tertiary alicyclic amines) is 1. The van der Waals surface area contributed by atoms with Crippen LogP contribution in [0, 0.1) is 11.8 Å². The van der Waals surface area contributed by atoms with Gasteiger partial charge in [0.2, 0.25) is 5.91 Å². The monoisotopic (exact) mass is 361 g/mol. The number of hydrogen-bond donors (Lipinski definition) is 2. The lowest BCUT2D eigenvalue weighted by molar-refractivity contribution is -0.123. The van der Waals surface area contributed by atoms with Gasteiger partial charge in [-0.1, -0.05) is 18.9 Å². The number of nitrogens with one attached hydrogen (secondary N) is 2. The third kappa shape index (κ3) is 4.44. The fourth-order valence-electron chi connectivity index (χ4n) is 4.97. The molecule has 2 saturated heterocycles. The van der Waals surface area contributed by atoms with Crippen LogP contribution in [0.3, 0.4) is 0 Å². The van der Waals surface area contributed by atoms with Gasteiger partial charge in [-0.05, 0) is 61.9 Å². The number of thiophene rings is 1. The third-order valence-electron chi connectivity index (χ3n) is 6.31. The minimum absolute atomic E-state index is 0.0545. The Morgan fingerprint density at radius 3 is 3.04 bits per heavy atom. The Labute approximate surface area is 155 Å². The fraction of sp³-hybridized carbons (Fsp3) is 0.750. The van der Waals surface area contributed by atoms with E-state index in [9.17, 15) is 4.79 Å². The van der Waals surface area contributed by atoms with Crippen molar-refractivity contribution in [2.75, 3.05) is 19.6 Å². The number of amides is 1. The van der Waals surface area contributed by atoms with Gasteiger partial charge in [-0.2, -0.15) is 0 Å². The summed E-state index contributed by atoms with van der Waals surface area (Å²) in [6.07, 6.45) is 8.77. The summed E-state index contributed by atoms with van der Waals surface area (Å²) in [5.74, 6) is 1.58. The van der Waals surface area contributed by atoms with Gasteiger partial charge in [0.05, 0.1) is 6.04 Å². The van der Waals surface area contributed by atoms with Crippen molar-refractivity contribution in [2.24, 2.45) is 11.8 Å². The van der Waals surface area contributed by atoms with Gasteiger partial charge in [0.1, 0.15) is 0 Å². The maximum Gasteiger partial charge on any atom is 0.237 e. The van der Waals surface area contributed by atoms with E-state index in [1.54, 1.807) is 0 Å². The molecule has 1 aromatic heterocycles. The maximum atomic E-state index is 12.6. The second-order valence-corrected chi connectivity index (χ2v) is 9.21. The van der Waals surface area contributed by atoms with Crippen molar-refractivity contribution in [3.63, 3.8) is 0 Å². The van der Waals surface area contributed by atoms with Gasteiger partial charge in [0.25, 0.3) is 0 Å². The molecule has 1 saturated carbocycles. The van der Waals surface area contributed by atoms with Gasteiger partial charge in [0.15, 0.2) is 0 Å². The lowest BCUT2D eigenvalue weighted by Crippen LogP contribution is -2.46. The van der Waals surface area contributed by atoms with Crippen LogP contribution in [-0.4, -0.2) is 42.5 Å². The van der Waals surface area contributed by atoms with Crippen molar-refractivity contribution in [1.82, 2.24) is 15.5 Å². The molecule has 0 radical (unpaired) electrons. The zero-order valence-corrected chi connectivity index (χ0v) is 15.9. The van der Waals surface area contributed by atoms with E-state index in [2.05, 4.69) is 33.0 Å². The maximum absolute atomic E-state index is 12.6. The first-order valence-electron chi connectivity index (χ1n) is 10.1. The molecule has 1 aromatic rings. The lowest BCUT2D eigenvalue weighted by Gasteiger charge is -2.32. The second kappa shape index (κ2) is 8.19. The van der Waals surface area contributed by atoms with Crippen LogP contribution < -0.4 is 10.6 Å². The normalized spacial score (nSPS) is 33.1. The van der Waals surface area contributed by atoms with Crippen LogP contribution in [-0.2, 0) is 11.3 Å². The van der Waals surface area contributed by atoms with E-state index >= 15 is 0 Å². The predicted molar refractivity (Wildman–Crippen MR) is 103 cm³/mol. The van der Waals surface area contributed by atoms with Crippen LogP contribution in [0.15, 0.2) is 17.5 Å². The van der Waals surface area contributed by atoms with Crippen molar-refractivity contribution in [3.8, 4) is 0 Å². The molecule has 5 heteroatoms. The molecule has 25 heavy (non-hydrogen) atoms. The molecule has 4 nitrogen and oxygen atoms in total. The van der Waals surface area contributed by atoms with Crippen molar-refractivity contribution in [3.05, 3.63) is 22.4 Å². The summed E-state index contributed by atoms with van der Waals surface area (Å²) >= 11 is 1.84. The van der Waals surface area contributed by atoms with Gasteiger partial charge >= 0.3 is 0 Å². The molecule has 2 aliphatic heterocycles. The van der Waals surface area contributed by atoms with E-state index in [1.807, 2.05) is 11.3 Å². The van der Waals surface area contributed by atoms with Gasteiger partial charge < -0.3 is 10.6 Å². The molecule has 3 heterocycles. The van der Waals surface area contributed by atoms with Crippen LogP contribution in [0.1, 0.15) is 49.8 Å². The van der Waals surface area contributed by atoms with Gasteiger partial charge in [0, 0.05) is 30.6 Å². The largest absolute Gasteiger partial charge is 0.354 e. The summed E-state index contributed by atoms with van der Waals surface area (Å²) in [5.41, 5.74) is 0. The third-order valence-corrected chi connectivity index (χ3v) is 7.17. The van der Waals surface area contributed by atoms with Crippen LogP contribution in [0.2, 0.25) is 0 Å². The van der Waals surface area contributed by atoms with E-state index in [1.165, 1.54) is 49.9 Å². The molecule has 1 amide bonds. The molecule has 0 aromatic carbocycles. The summed E-state index contributed by atoms with van der Waals surface area (Å²) in [4.78, 5) is 16.6. The highest BCUT2D eigenvalue weighted by Crippen LogP contribution is 2.33. The zero-order valence-electron chi connectivity index (χ0n) is 15.1. The Morgan fingerprint density at radius 2 is 2.20 bits per heavy atom.